The Kier molecular flexibility index (Phi) is 8.14. The standard InChI is InChI=1S/C24H25N3O3S2/c1-5-27(6-2)23(28)15-32-24-19(14-25)18(22-8-7-11-31-22)13-20(26-24)17-10-9-16(29-3)12-21(17)30-4/h7-13H,5-6,15H2,1-4H3. The predicted molar refractivity (Wildman–Crippen MR) is 129 cm³/mol. The smallest absolute Gasteiger partial charge is 0.232 e. The lowest BCUT2D eigenvalue weighted by Gasteiger charge is -2.18. The van der Waals surface area contributed by atoms with Crippen LogP contribution in [0.25, 0.3) is 21.7 Å². The highest BCUT2D eigenvalue weighted by Gasteiger charge is 2.20. The van der Waals surface area contributed by atoms with Gasteiger partial charge in [-0.25, -0.2) is 4.98 Å². The van der Waals surface area contributed by atoms with Crippen LogP contribution in [0.2, 0.25) is 0 Å². The molecule has 0 saturated carbocycles. The molecule has 0 unspecified atom stereocenters. The Hall–Kier alpha value is -3.02. The number of carbonyl (C=O) groups excluding carboxylic acids is 1. The van der Waals surface area contributed by atoms with Crippen LogP contribution in [0.15, 0.2) is 46.8 Å². The normalized spacial score (nSPS) is 10.5. The largest absolute Gasteiger partial charge is 0.497 e. The highest BCUT2D eigenvalue weighted by Crippen LogP contribution is 2.39. The Morgan fingerprint density at radius 2 is 1.94 bits per heavy atom. The molecule has 0 spiro atoms. The van der Waals surface area contributed by atoms with Crippen molar-refractivity contribution in [3.63, 3.8) is 0 Å². The third-order valence-corrected chi connectivity index (χ3v) is 6.88. The summed E-state index contributed by atoms with van der Waals surface area (Å²) in [7, 11) is 3.20. The molecule has 0 aliphatic heterocycles. The zero-order valence-electron chi connectivity index (χ0n) is 18.5. The molecule has 32 heavy (non-hydrogen) atoms. The van der Waals surface area contributed by atoms with Gasteiger partial charge < -0.3 is 14.4 Å². The third kappa shape index (κ3) is 5.06. The lowest BCUT2D eigenvalue weighted by atomic mass is 10.0. The predicted octanol–water partition coefficient (Wildman–Crippen LogP) is 5.33. The number of methoxy groups -OCH3 is 2. The van der Waals surface area contributed by atoms with Crippen LogP contribution >= 0.6 is 23.1 Å². The summed E-state index contributed by atoms with van der Waals surface area (Å²) >= 11 is 2.85. The number of hydrogen-bond donors (Lipinski definition) is 0. The molecule has 166 valence electrons. The van der Waals surface area contributed by atoms with Gasteiger partial charge in [-0.1, -0.05) is 17.8 Å². The number of rotatable bonds is 9. The van der Waals surface area contributed by atoms with Crippen LogP contribution in [0, 0.1) is 11.3 Å². The van der Waals surface area contributed by atoms with Gasteiger partial charge in [0.1, 0.15) is 22.6 Å². The van der Waals surface area contributed by atoms with Gasteiger partial charge in [-0.05, 0) is 43.5 Å². The molecule has 3 rings (SSSR count). The summed E-state index contributed by atoms with van der Waals surface area (Å²) in [6.07, 6.45) is 0. The summed E-state index contributed by atoms with van der Waals surface area (Å²) < 4.78 is 10.9. The van der Waals surface area contributed by atoms with Crippen molar-refractivity contribution in [3.05, 3.63) is 47.3 Å². The fraction of sp³-hybridized carbons (Fsp3) is 0.292. The first-order valence-corrected chi connectivity index (χ1v) is 12.0. The maximum absolute atomic E-state index is 12.6. The van der Waals surface area contributed by atoms with Crippen LogP contribution < -0.4 is 9.47 Å². The van der Waals surface area contributed by atoms with Gasteiger partial charge in [0, 0.05) is 35.2 Å². The first-order chi connectivity index (χ1) is 15.6. The molecule has 0 aliphatic rings. The van der Waals surface area contributed by atoms with Crippen molar-refractivity contribution in [1.29, 1.82) is 5.26 Å². The molecule has 1 amide bonds. The molecule has 0 radical (unpaired) electrons. The van der Waals surface area contributed by atoms with Gasteiger partial charge in [-0.15, -0.1) is 11.3 Å². The van der Waals surface area contributed by atoms with E-state index in [9.17, 15) is 10.1 Å². The molecule has 8 heteroatoms. The van der Waals surface area contributed by atoms with Gasteiger partial charge in [0.25, 0.3) is 0 Å². The number of hydrogen-bond acceptors (Lipinski definition) is 7. The van der Waals surface area contributed by atoms with E-state index >= 15 is 0 Å². The minimum atomic E-state index is 0.0239. The number of benzene rings is 1. The molecule has 2 heterocycles. The van der Waals surface area contributed by atoms with Crippen LogP contribution in [0.5, 0.6) is 11.5 Å². The number of ether oxygens (including phenoxy) is 2. The average molecular weight is 468 g/mol. The molecular weight excluding hydrogens is 442 g/mol. The van der Waals surface area contributed by atoms with Gasteiger partial charge in [0.15, 0.2) is 0 Å². The van der Waals surface area contributed by atoms with Crippen molar-refractivity contribution in [2.24, 2.45) is 0 Å². The second-order valence-corrected chi connectivity index (χ2v) is 8.66. The monoisotopic (exact) mass is 467 g/mol. The average Bonchev–Trinajstić information content (AvgIpc) is 3.37. The van der Waals surface area contributed by atoms with E-state index in [-0.39, 0.29) is 11.7 Å². The molecule has 0 atom stereocenters. The van der Waals surface area contributed by atoms with Crippen molar-refractivity contribution in [1.82, 2.24) is 9.88 Å². The number of nitrogens with zero attached hydrogens (tertiary/aromatic N) is 3. The van der Waals surface area contributed by atoms with Crippen molar-refractivity contribution in [3.8, 4) is 39.3 Å². The van der Waals surface area contributed by atoms with Crippen LogP contribution in [-0.2, 0) is 4.79 Å². The first-order valence-electron chi connectivity index (χ1n) is 10.2. The molecule has 0 bridgehead atoms. The van der Waals surface area contributed by atoms with Gasteiger partial charge in [0.05, 0.1) is 31.2 Å². The topological polar surface area (TPSA) is 75.5 Å². The lowest BCUT2D eigenvalue weighted by Crippen LogP contribution is -2.31. The number of pyridine rings is 1. The molecule has 2 aromatic heterocycles. The number of nitriles is 1. The molecule has 0 N–H and O–H groups in total. The first kappa shape index (κ1) is 23.6. The highest BCUT2D eigenvalue weighted by molar-refractivity contribution is 8.00. The maximum Gasteiger partial charge on any atom is 0.232 e. The Morgan fingerprint density at radius 1 is 1.16 bits per heavy atom. The zero-order valence-corrected chi connectivity index (χ0v) is 20.2. The fourth-order valence-electron chi connectivity index (χ4n) is 3.31. The molecule has 0 saturated heterocycles. The quantitative estimate of drug-likeness (QED) is 0.396. The summed E-state index contributed by atoms with van der Waals surface area (Å²) in [5.41, 5.74) is 2.72. The third-order valence-electron chi connectivity index (χ3n) is 5.02. The molecule has 0 aliphatic carbocycles. The van der Waals surface area contributed by atoms with E-state index in [0.29, 0.717) is 40.9 Å². The number of carbonyl (C=O) groups is 1. The molecule has 3 aromatic rings. The Bertz CT molecular complexity index is 1120. The summed E-state index contributed by atoms with van der Waals surface area (Å²) in [5.74, 6) is 1.54. The molecule has 6 nitrogen and oxygen atoms in total. The van der Waals surface area contributed by atoms with Gasteiger partial charge >= 0.3 is 0 Å². The van der Waals surface area contributed by atoms with Crippen molar-refractivity contribution in [2.45, 2.75) is 18.9 Å². The molecular formula is C24H25N3O3S2. The second kappa shape index (κ2) is 11.0. The van der Waals surface area contributed by atoms with E-state index in [2.05, 4.69) is 6.07 Å². The Balaban J connectivity index is 2.11. The maximum atomic E-state index is 12.6. The van der Waals surface area contributed by atoms with Crippen molar-refractivity contribution < 1.29 is 14.3 Å². The minimum absolute atomic E-state index is 0.0239. The number of thiophene rings is 1. The highest BCUT2D eigenvalue weighted by atomic mass is 32.2. The van der Waals surface area contributed by atoms with E-state index in [1.54, 1.807) is 36.5 Å². The number of thioether (sulfide) groups is 1. The molecule has 0 fully saturated rings. The van der Waals surface area contributed by atoms with Gasteiger partial charge in [-0.2, -0.15) is 5.26 Å². The number of amides is 1. The van der Waals surface area contributed by atoms with E-state index in [0.717, 1.165) is 16.0 Å². The second-order valence-electron chi connectivity index (χ2n) is 6.75. The fourth-order valence-corrected chi connectivity index (χ4v) is 4.96. The Morgan fingerprint density at radius 3 is 2.53 bits per heavy atom. The van der Waals surface area contributed by atoms with E-state index in [4.69, 9.17) is 14.5 Å². The van der Waals surface area contributed by atoms with Crippen LogP contribution in [-0.4, -0.2) is 48.9 Å². The lowest BCUT2D eigenvalue weighted by molar-refractivity contribution is -0.127. The zero-order chi connectivity index (χ0) is 23.1. The van der Waals surface area contributed by atoms with E-state index in [1.807, 2.05) is 49.6 Å². The van der Waals surface area contributed by atoms with Gasteiger partial charge in [0.2, 0.25) is 5.91 Å². The summed E-state index contributed by atoms with van der Waals surface area (Å²) in [6.45, 7) is 5.21. The van der Waals surface area contributed by atoms with Crippen LogP contribution in [0.1, 0.15) is 19.4 Å². The SMILES string of the molecule is CCN(CC)C(=O)CSc1nc(-c2ccc(OC)cc2OC)cc(-c2cccs2)c1C#N. The van der Waals surface area contributed by atoms with Crippen LogP contribution in [0.4, 0.5) is 0 Å². The number of aromatic nitrogens is 1. The van der Waals surface area contributed by atoms with Crippen molar-refractivity contribution in [2.75, 3.05) is 33.1 Å². The van der Waals surface area contributed by atoms with Crippen LogP contribution in [0.3, 0.4) is 0 Å². The summed E-state index contributed by atoms with van der Waals surface area (Å²) in [6, 6.07) is 13.7. The minimum Gasteiger partial charge on any atom is -0.497 e. The van der Waals surface area contributed by atoms with Gasteiger partial charge in [-0.3, -0.25) is 4.79 Å². The summed E-state index contributed by atoms with van der Waals surface area (Å²) in [5, 5.41) is 12.5. The Labute approximate surface area is 196 Å². The van der Waals surface area contributed by atoms with E-state index < -0.39 is 0 Å². The molecule has 1 aromatic carbocycles. The van der Waals surface area contributed by atoms with Crippen molar-refractivity contribution >= 4 is 29.0 Å². The van der Waals surface area contributed by atoms with E-state index in [1.165, 1.54) is 11.8 Å². The summed E-state index contributed by atoms with van der Waals surface area (Å²) in [4.78, 5) is 20.1.